The molecule has 0 atom stereocenters. The predicted octanol–water partition coefficient (Wildman–Crippen LogP) is 4.49. The first-order chi connectivity index (χ1) is 13.7. The summed E-state index contributed by atoms with van der Waals surface area (Å²) in [6, 6.07) is 8.07. The molecular formula is C21H22N4O2S. The summed E-state index contributed by atoms with van der Waals surface area (Å²) in [5, 5.41) is 5.86. The van der Waals surface area contributed by atoms with Gasteiger partial charge in [-0.2, -0.15) is 0 Å². The molecule has 4 aromatic rings. The lowest BCUT2D eigenvalue weighted by Crippen LogP contribution is -2.06. The van der Waals surface area contributed by atoms with E-state index in [0.717, 1.165) is 26.6 Å². The van der Waals surface area contributed by atoms with E-state index in [9.17, 15) is 0 Å². The van der Waals surface area contributed by atoms with Crippen molar-refractivity contribution in [2.24, 2.45) is 0 Å². The van der Waals surface area contributed by atoms with Gasteiger partial charge in [0.05, 0.1) is 11.3 Å². The summed E-state index contributed by atoms with van der Waals surface area (Å²) in [6.45, 7) is 5.84. The number of aryl methyl sites for hydroxylation is 2. The number of anilines is 1. The number of hydrogen-bond donors (Lipinski definition) is 1. The van der Waals surface area contributed by atoms with Crippen LogP contribution in [-0.2, 0) is 11.3 Å². The minimum Gasteiger partial charge on any atom is -0.475 e. The number of aromatic nitrogens is 3. The molecule has 7 heteroatoms. The zero-order chi connectivity index (χ0) is 19.5. The second kappa shape index (κ2) is 8.08. The third-order valence-electron chi connectivity index (χ3n) is 4.48. The molecule has 144 valence electrons. The third kappa shape index (κ3) is 3.76. The lowest BCUT2D eigenvalue weighted by molar-refractivity contribution is 0.143. The molecule has 0 aliphatic rings. The summed E-state index contributed by atoms with van der Waals surface area (Å²) in [5.74, 6) is 1.47. The van der Waals surface area contributed by atoms with Gasteiger partial charge in [0.25, 0.3) is 0 Å². The standard InChI is InChI=1S/C21H22N4O2S/c1-13-10-14(2)25-21-18(13)16-6-7-22-20(19(16)28-21)24-12-15-4-5-17(23-11-15)27-9-8-26-3/h4-7,10-11H,8-9,12H2,1-3H3,(H,22,24). The first kappa shape index (κ1) is 18.6. The van der Waals surface area contributed by atoms with Crippen LogP contribution < -0.4 is 10.1 Å². The van der Waals surface area contributed by atoms with E-state index < -0.39 is 0 Å². The maximum Gasteiger partial charge on any atom is 0.213 e. The van der Waals surface area contributed by atoms with Gasteiger partial charge in [-0.05, 0) is 37.1 Å². The molecule has 0 saturated carbocycles. The minimum atomic E-state index is 0.492. The number of ether oxygens (including phenoxy) is 2. The van der Waals surface area contributed by atoms with Crippen molar-refractivity contribution in [3.63, 3.8) is 0 Å². The van der Waals surface area contributed by atoms with Crippen LogP contribution in [0.15, 0.2) is 36.7 Å². The smallest absolute Gasteiger partial charge is 0.213 e. The Labute approximate surface area is 167 Å². The summed E-state index contributed by atoms with van der Waals surface area (Å²) in [7, 11) is 1.65. The molecule has 0 spiro atoms. The molecule has 4 rings (SSSR count). The molecule has 0 fully saturated rings. The van der Waals surface area contributed by atoms with Crippen LogP contribution in [0.2, 0.25) is 0 Å². The van der Waals surface area contributed by atoms with Crippen molar-refractivity contribution in [2.45, 2.75) is 20.4 Å². The summed E-state index contributed by atoms with van der Waals surface area (Å²) in [6.07, 6.45) is 3.66. The van der Waals surface area contributed by atoms with Gasteiger partial charge in [0, 0.05) is 48.6 Å². The number of rotatable bonds is 7. The van der Waals surface area contributed by atoms with E-state index in [1.807, 2.05) is 31.5 Å². The fourth-order valence-corrected chi connectivity index (χ4v) is 4.45. The topological polar surface area (TPSA) is 69.2 Å². The van der Waals surface area contributed by atoms with Crippen molar-refractivity contribution in [3.05, 3.63) is 53.5 Å². The molecule has 0 aliphatic carbocycles. The molecule has 4 aromatic heterocycles. The molecular weight excluding hydrogens is 372 g/mol. The highest BCUT2D eigenvalue weighted by Crippen LogP contribution is 2.38. The first-order valence-electron chi connectivity index (χ1n) is 9.11. The van der Waals surface area contributed by atoms with Crippen LogP contribution in [0.5, 0.6) is 5.88 Å². The Morgan fingerprint density at radius 3 is 2.79 bits per heavy atom. The number of nitrogens with zero attached hydrogens (tertiary/aromatic N) is 3. The predicted molar refractivity (Wildman–Crippen MR) is 113 cm³/mol. The lowest BCUT2D eigenvalue weighted by Gasteiger charge is -2.08. The van der Waals surface area contributed by atoms with E-state index in [0.29, 0.717) is 25.6 Å². The summed E-state index contributed by atoms with van der Waals surface area (Å²) in [5.41, 5.74) is 3.35. The molecule has 0 radical (unpaired) electrons. The Balaban J connectivity index is 1.54. The van der Waals surface area contributed by atoms with Gasteiger partial charge in [0.15, 0.2) is 0 Å². The van der Waals surface area contributed by atoms with Gasteiger partial charge in [0.2, 0.25) is 5.88 Å². The van der Waals surface area contributed by atoms with Gasteiger partial charge in [0.1, 0.15) is 17.3 Å². The van der Waals surface area contributed by atoms with Crippen LogP contribution in [0, 0.1) is 13.8 Å². The van der Waals surface area contributed by atoms with Gasteiger partial charge < -0.3 is 14.8 Å². The Morgan fingerprint density at radius 2 is 2.00 bits per heavy atom. The van der Waals surface area contributed by atoms with Crippen LogP contribution in [-0.4, -0.2) is 35.3 Å². The molecule has 4 heterocycles. The highest BCUT2D eigenvalue weighted by molar-refractivity contribution is 7.26. The lowest BCUT2D eigenvalue weighted by atomic mass is 10.1. The van der Waals surface area contributed by atoms with E-state index in [1.165, 1.54) is 16.3 Å². The number of pyridine rings is 3. The van der Waals surface area contributed by atoms with Crippen LogP contribution in [0.25, 0.3) is 20.3 Å². The van der Waals surface area contributed by atoms with Crippen molar-refractivity contribution >= 4 is 37.5 Å². The average Bonchev–Trinajstić information content (AvgIpc) is 3.06. The summed E-state index contributed by atoms with van der Waals surface area (Å²) >= 11 is 1.68. The van der Waals surface area contributed by atoms with Crippen molar-refractivity contribution < 1.29 is 9.47 Å². The van der Waals surface area contributed by atoms with Crippen LogP contribution >= 0.6 is 11.3 Å². The van der Waals surface area contributed by atoms with Gasteiger partial charge in [-0.1, -0.05) is 6.07 Å². The van der Waals surface area contributed by atoms with Gasteiger partial charge in [-0.3, -0.25) is 0 Å². The molecule has 0 aromatic carbocycles. The van der Waals surface area contributed by atoms with Gasteiger partial charge >= 0.3 is 0 Å². The normalized spacial score (nSPS) is 11.2. The molecule has 0 aliphatic heterocycles. The van der Waals surface area contributed by atoms with E-state index >= 15 is 0 Å². The number of hydrogen-bond acceptors (Lipinski definition) is 7. The molecule has 0 bridgehead atoms. The number of thiophene rings is 1. The average molecular weight is 395 g/mol. The molecule has 28 heavy (non-hydrogen) atoms. The van der Waals surface area contributed by atoms with E-state index in [-0.39, 0.29) is 0 Å². The SMILES string of the molecule is COCCOc1ccc(CNc2nccc3c2sc2nc(C)cc(C)c23)cn1. The zero-order valence-electron chi connectivity index (χ0n) is 16.2. The number of nitrogens with one attached hydrogen (secondary N) is 1. The van der Waals surface area contributed by atoms with E-state index in [2.05, 4.69) is 34.3 Å². The van der Waals surface area contributed by atoms with Crippen LogP contribution in [0.1, 0.15) is 16.8 Å². The number of methoxy groups -OCH3 is 1. The quantitative estimate of drug-likeness (QED) is 0.466. The Hall–Kier alpha value is -2.77. The maximum atomic E-state index is 5.50. The second-order valence-corrected chi connectivity index (χ2v) is 7.60. The van der Waals surface area contributed by atoms with E-state index in [4.69, 9.17) is 14.5 Å². The monoisotopic (exact) mass is 394 g/mol. The van der Waals surface area contributed by atoms with Crippen molar-refractivity contribution in [1.29, 1.82) is 0 Å². The molecule has 0 unspecified atom stereocenters. The van der Waals surface area contributed by atoms with Crippen LogP contribution in [0.3, 0.4) is 0 Å². The molecule has 6 nitrogen and oxygen atoms in total. The minimum absolute atomic E-state index is 0.492. The first-order valence-corrected chi connectivity index (χ1v) is 9.93. The zero-order valence-corrected chi connectivity index (χ0v) is 17.0. The van der Waals surface area contributed by atoms with Crippen molar-refractivity contribution in [1.82, 2.24) is 15.0 Å². The largest absolute Gasteiger partial charge is 0.475 e. The Morgan fingerprint density at radius 1 is 1.11 bits per heavy atom. The fraction of sp³-hybridized carbons (Fsp3) is 0.286. The maximum absolute atomic E-state index is 5.50. The van der Waals surface area contributed by atoms with Crippen molar-refractivity contribution in [3.8, 4) is 5.88 Å². The molecule has 0 amide bonds. The highest BCUT2D eigenvalue weighted by Gasteiger charge is 2.13. The molecule has 0 saturated heterocycles. The summed E-state index contributed by atoms with van der Waals surface area (Å²) < 4.78 is 11.6. The van der Waals surface area contributed by atoms with E-state index in [1.54, 1.807) is 18.4 Å². The summed E-state index contributed by atoms with van der Waals surface area (Å²) in [4.78, 5) is 14.6. The highest BCUT2D eigenvalue weighted by atomic mass is 32.1. The fourth-order valence-electron chi connectivity index (χ4n) is 3.19. The van der Waals surface area contributed by atoms with Gasteiger partial charge in [-0.15, -0.1) is 11.3 Å². The Kier molecular flexibility index (Phi) is 5.36. The second-order valence-electron chi connectivity index (χ2n) is 6.60. The molecule has 1 N–H and O–H groups in total. The number of fused-ring (bicyclic) bond motifs is 3. The van der Waals surface area contributed by atoms with Crippen LogP contribution in [0.4, 0.5) is 5.82 Å². The van der Waals surface area contributed by atoms with Crippen molar-refractivity contribution in [2.75, 3.05) is 25.6 Å². The third-order valence-corrected chi connectivity index (χ3v) is 5.59. The van der Waals surface area contributed by atoms with Gasteiger partial charge in [-0.25, -0.2) is 15.0 Å². The Bertz CT molecular complexity index is 1110.